The van der Waals surface area contributed by atoms with Crippen molar-refractivity contribution in [2.75, 3.05) is 0 Å². The minimum Gasteiger partial charge on any atom is -0.0961 e. The molecule has 1 heteroatoms. The first-order valence-electron chi connectivity index (χ1n) is 4.47. The third-order valence-corrected chi connectivity index (χ3v) is 1.69. The monoisotopic (exact) mass is 208 g/mol. The molecule has 0 N–H and O–H groups in total. The molecule has 0 saturated carbocycles. The summed E-state index contributed by atoms with van der Waals surface area (Å²) in [6, 6.07) is 0. The topological polar surface area (TPSA) is 0 Å². The maximum Gasteiger partial charge on any atom is 0.0334 e. The highest BCUT2D eigenvalue weighted by molar-refractivity contribution is 6.30. The lowest BCUT2D eigenvalue weighted by molar-refractivity contribution is 1.34. The highest BCUT2D eigenvalue weighted by atomic mass is 35.5. The summed E-state index contributed by atoms with van der Waals surface area (Å²) in [5, 5.41) is 0.535. The van der Waals surface area contributed by atoms with Crippen molar-refractivity contribution >= 4 is 11.6 Å². The summed E-state index contributed by atoms with van der Waals surface area (Å²) in [5.41, 5.74) is 3.40. The van der Waals surface area contributed by atoms with Crippen LogP contribution in [0, 0.1) is 0 Å². The van der Waals surface area contributed by atoms with Crippen molar-refractivity contribution in [2.45, 2.75) is 20.8 Å². The van der Waals surface area contributed by atoms with Gasteiger partial charge in [0, 0.05) is 5.03 Å². The quantitative estimate of drug-likeness (QED) is 0.585. The van der Waals surface area contributed by atoms with Crippen LogP contribution in [-0.4, -0.2) is 0 Å². The molecule has 0 aliphatic heterocycles. The molecule has 0 radical (unpaired) electrons. The fraction of sp³-hybridized carbons (Fsp3) is 0.231. The van der Waals surface area contributed by atoms with Gasteiger partial charge in [-0.3, -0.25) is 0 Å². The molecule has 0 fully saturated rings. The van der Waals surface area contributed by atoms with Crippen molar-refractivity contribution < 1.29 is 0 Å². The van der Waals surface area contributed by atoms with Gasteiger partial charge in [0.25, 0.3) is 0 Å². The molecule has 0 aromatic rings. The molecule has 0 aromatic heterocycles. The second kappa shape index (κ2) is 6.44. The van der Waals surface area contributed by atoms with Crippen LogP contribution in [0.1, 0.15) is 20.8 Å². The molecule has 0 bridgehead atoms. The average Bonchev–Trinajstić information content (AvgIpc) is 2.02. The van der Waals surface area contributed by atoms with E-state index < -0.39 is 0 Å². The van der Waals surface area contributed by atoms with Gasteiger partial charge in [0.2, 0.25) is 0 Å². The highest BCUT2D eigenvalue weighted by Crippen LogP contribution is 2.10. The molecule has 0 aliphatic rings. The minimum atomic E-state index is 0.535. The summed E-state index contributed by atoms with van der Waals surface area (Å²) in [6.45, 7) is 13.5. The smallest absolute Gasteiger partial charge is 0.0334 e. The van der Waals surface area contributed by atoms with Gasteiger partial charge in [-0.15, -0.1) is 0 Å². The van der Waals surface area contributed by atoms with Gasteiger partial charge in [-0.1, -0.05) is 54.1 Å². The molecule has 0 saturated heterocycles. The van der Waals surface area contributed by atoms with Crippen LogP contribution in [0.4, 0.5) is 0 Å². The molecule has 0 rings (SSSR count). The molecule has 0 spiro atoms. The van der Waals surface area contributed by atoms with Crippen LogP contribution >= 0.6 is 11.6 Å². The summed E-state index contributed by atoms with van der Waals surface area (Å²) in [7, 11) is 0. The number of hydrogen-bond acceptors (Lipinski definition) is 0. The van der Waals surface area contributed by atoms with Gasteiger partial charge in [0.05, 0.1) is 0 Å². The van der Waals surface area contributed by atoms with E-state index in [1.165, 1.54) is 5.57 Å². The van der Waals surface area contributed by atoms with E-state index in [1.807, 2.05) is 25.2 Å². The standard InChI is InChI=1S/C13H17Cl/c1-10(2)6-8-13(11(3)4)9-7-12(5)14/h6-9H,1,5H2,2-4H3/b8-6-,9-7-. The largest absolute Gasteiger partial charge is 0.0961 e. The first kappa shape index (κ1) is 13.0. The van der Waals surface area contributed by atoms with Crippen LogP contribution in [0.25, 0.3) is 0 Å². The van der Waals surface area contributed by atoms with Crippen molar-refractivity contribution in [3.63, 3.8) is 0 Å². The van der Waals surface area contributed by atoms with E-state index in [4.69, 9.17) is 11.6 Å². The lowest BCUT2D eigenvalue weighted by Crippen LogP contribution is -1.77. The summed E-state index contributed by atoms with van der Waals surface area (Å²) in [6.07, 6.45) is 7.73. The van der Waals surface area contributed by atoms with Crippen LogP contribution < -0.4 is 0 Å². The molecule has 0 atom stereocenters. The van der Waals surface area contributed by atoms with Gasteiger partial charge >= 0.3 is 0 Å². The van der Waals surface area contributed by atoms with E-state index in [2.05, 4.69) is 27.0 Å². The Hall–Kier alpha value is -1.01. The molecule has 76 valence electrons. The SMILES string of the molecule is C=C(C)/C=C\C(/C=C\C(=C)Cl)=C(C)C. The van der Waals surface area contributed by atoms with Gasteiger partial charge in [0.1, 0.15) is 0 Å². The number of rotatable bonds is 4. The van der Waals surface area contributed by atoms with Gasteiger partial charge in [-0.05, 0) is 32.4 Å². The first-order chi connectivity index (χ1) is 6.43. The third kappa shape index (κ3) is 6.50. The molecule has 0 unspecified atom stereocenters. The Kier molecular flexibility index (Phi) is 5.98. The van der Waals surface area contributed by atoms with Crippen LogP contribution in [0.15, 0.2) is 59.2 Å². The zero-order valence-electron chi connectivity index (χ0n) is 9.10. The van der Waals surface area contributed by atoms with Crippen molar-refractivity contribution in [1.82, 2.24) is 0 Å². The second-order valence-corrected chi connectivity index (χ2v) is 3.90. The molecule has 0 aromatic carbocycles. The Morgan fingerprint density at radius 1 is 0.929 bits per heavy atom. The van der Waals surface area contributed by atoms with Crippen molar-refractivity contribution in [3.8, 4) is 0 Å². The molecule has 0 amide bonds. The Morgan fingerprint density at radius 2 is 1.43 bits per heavy atom. The average molecular weight is 209 g/mol. The van der Waals surface area contributed by atoms with E-state index >= 15 is 0 Å². The fourth-order valence-electron chi connectivity index (χ4n) is 0.801. The van der Waals surface area contributed by atoms with Crippen molar-refractivity contribution in [1.29, 1.82) is 0 Å². The lowest BCUT2D eigenvalue weighted by atomic mass is 10.1. The Morgan fingerprint density at radius 3 is 1.79 bits per heavy atom. The third-order valence-electron chi connectivity index (χ3n) is 1.57. The molecule has 14 heavy (non-hydrogen) atoms. The number of allylic oxidation sites excluding steroid dienone is 8. The normalized spacial score (nSPS) is 10.9. The van der Waals surface area contributed by atoms with Crippen molar-refractivity contribution in [2.24, 2.45) is 0 Å². The number of hydrogen-bond donors (Lipinski definition) is 0. The van der Waals surface area contributed by atoms with Gasteiger partial charge in [-0.2, -0.15) is 0 Å². The number of halogens is 1. The molecular weight excluding hydrogens is 192 g/mol. The van der Waals surface area contributed by atoms with E-state index in [0.29, 0.717) is 5.03 Å². The Balaban J connectivity index is 4.74. The summed E-state index contributed by atoms with van der Waals surface area (Å²) < 4.78 is 0. The lowest BCUT2D eigenvalue weighted by Gasteiger charge is -1.97. The zero-order valence-corrected chi connectivity index (χ0v) is 9.86. The maximum atomic E-state index is 5.64. The van der Waals surface area contributed by atoms with Crippen molar-refractivity contribution in [3.05, 3.63) is 59.2 Å². The second-order valence-electron chi connectivity index (χ2n) is 3.42. The zero-order chi connectivity index (χ0) is 11.1. The minimum absolute atomic E-state index is 0.535. The molecule has 0 aliphatic carbocycles. The molecule has 0 nitrogen and oxygen atoms in total. The van der Waals surface area contributed by atoms with Crippen LogP contribution in [0.5, 0.6) is 0 Å². The van der Waals surface area contributed by atoms with Crippen LogP contribution in [0.3, 0.4) is 0 Å². The summed E-state index contributed by atoms with van der Waals surface area (Å²) in [4.78, 5) is 0. The van der Waals surface area contributed by atoms with E-state index in [0.717, 1.165) is 11.1 Å². The van der Waals surface area contributed by atoms with Crippen LogP contribution in [-0.2, 0) is 0 Å². The van der Waals surface area contributed by atoms with Gasteiger partial charge in [0.15, 0.2) is 0 Å². The summed E-state index contributed by atoms with van der Waals surface area (Å²) >= 11 is 5.64. The molecule has 0 heterocycles. The van der Waals surface area contributed by atoms with Gasteiger partial charge < -0.3 is 0 Å². The Bertz CT molecular complexity index is 284. The fourth-order valence-corrected chi connectivity index (χ4v) is 0.864. The highest BCUT2D eigenvalue weighted by Gasteiger charge is 1.89. The summed E-state index contributed by atoms with van der Waals surface area (Å²) in [5.74, 6) is 0. The van der Waals surface area contributed by atoms with E-state index in [-0.39, 0.29) is 0 Å². The first-order valence-corrected chi connectivity index (χ1v) is 4.85. The van der Waals surface area contributed by atoms with E-state index in [1.54, 1.807) is 6.08 Å². The van der Waals surface area contributed by atoms with Gasteiger partial charge in [-0.25, -0.2) is 0 Å². The molecular formula is C13H17Cl. The van der Waals surface area contributed by atoms with Crippen LogP contribution in [0.2, 0.25) is 0 Å². The predicted octanol–water partition coefficient (Wildman–Crippen LogP) is 4.76. The maximum absolute atomic E-state index is 5.64. The van der Waals surface area contributed by atoms with E-state index in [9.17, 15) is 0 Å². The Labute approximate surface area is 92.0 Å². The predicted molar refractivity (Wildman–Crippen MR) is 66.5 cm³/mol.